The molecule has 0 bridgehead atoms. The third-order valence-corrected chi connectivity index (χ3v) is 11.1. The molecule has 0 N–H and O–H groups in total. The molecule has 0 fully saturated rings. The number of aliphatic imine (C=N–C) groups is 2. The van der Waals surface area contributed by atoms with Crippen LogP contribution in [0.4, 0.5) is 0 Å². The molecule has 0 unspecified atom stereocenters. The molecular formula is C52H34N6O. The Hall–Kier alpha value is -7.90. The Bertz CT molecular complexity index is 3320. The molecule has 3 aromatic heterocycles. The largest absolute Gasteiger partial charge is 0.275 e. The number of rotatable bonds is 6. The summed E-state index contributed by atoms with van der Waals surface area (Å²) in [5, 5.41) is 4.42. The van der Waals surface area contributed by atoms with Crippen molar-refractivity contribution >= 4 is 55.2 Å². The van der Waals surface area contributed by atoms with Gasteiger partial charge in [-0.1, -0.05) is 146 Å². The van der Waals surface area contributed by atoms with Crippen LogP contribution in [0.25, 0.3) is 77.8 Å². The molecule has 4 heterocycles. The number of allylic oxidation sites excluding steroid dienone is 1. The van der Waals surface area contributed by atoms with Gasteiger partial charge in [-0.2, -0.15) is 0 Å². The van der Waals surface area contributed by atoms with Gasteiger partial charge in [-0.25, -0.2) is 24.9 Å². The third kappa shape index (κ3) is 6.08. The number of benzene rings is 7. The summed E-state index contributed by atoms with van der Waals surface area (Å²) in [6.45, 7) is 0. The zero-order chi connectivity index (χ0) is 39.3. The van der Waals surface area contributed by atoms with Crippen molar-refractivity contribution in [1.29, 1.82) is 0 Å². The van der Waals surface area contributed by atoms with E-state index in [2.05, 4.69) is 48.5 Å². The standard InChI is InChI=1S/C52H34N6O/c59-52-40-25-14-13-24-39(40)42-31-38(45-27-15-26-44(33-16-5-1-6-17-33)53-48(54-45)34-18-7-2-8-19-34)32-43-41-30-37(28-29-46(41)58(52)47(42)43)51-56-49(35-20-9-3-10-21-35)55-50(57-51)36-22-11-4-12-23-36/h1-14,16-25,27-32H,15,26H2/b45-27-,53-44?,54-48?. The van der Waals surface area contributed by atoms with E-state index in [9.17, 15) is 4.79 Å². The van der Waals surface area contributed by atoms with Gasteiger partial charge < -0.3 is 0 Å². The van der Waals surface area contributed by atoms with Crippen molar-refractivity contribution in [2.45, 2.75) is 12.8 Å². The second kappa shape index (κ2) is 14.2. The van der Waals surface area contributed by atoms with Crippen LogP contribution in [0.15, 0.2) is 197 Å². The predicted octanol–water partition coefficient (Wildman–Crippen LogP) is 11.5. The number of pyridine rings is 1. The van der Waals surface area contributed by atoms with E-state index in [-0.39, 0.29) is 5.56 Å². The number of amidine groups is 1. The summed E-state index contributed by atoms with van der Waals surface area (Å²) in [5.74, 6) is 2.38. The lowest BCUT2D eigenvalue weighted by Gasteiger charge is -2.14. The van der Waals surface area contributed by atoms with Gasteiger partial charge in [-0.15, -0.1) is 0 Å². The van der Waals surface area contributed by atoms with Crippen molar-refractivity contribution in [2.24, 2.45) is 9.98 Å². The molecule has 1 aliphatic heterocycles. The first kappa shape index (κ1) is 34.4. The van der Waals surface area contributed by atoms with Gasteiger partial charge in [0.1, 0.15) is 0 Å². The van der Waals surface area contributed by atoms with Crippen molar-refractivity contribution in [3.05, 3.63) is 209 Å². The Labute approximate surface area is 339 Å². The highest BCUT2D eigenvalue weighted by Crippen LogP contribution is 2.39. The fraction of sp³-hybridized carbons (Fsp3) is 0.0385. The van der Waals surface area contributed by atoms with E-state index in [0.29, 0.717) is 28.7 Å². The molecule has 0 atom stereocenters. The number of fused-ring (bicyclic) bond motifs is 5. The van der Waals surface area contributed by atoms with E-state index in [1.807, 2.05) is 138 Å². The zero-order valence-corrected chi connectivity index (χ0v) is 31.8. The molecule has 0 radical (unpaired) electrons. The summed E-state index contributed by atoms with van der Waals surface area (Å²) in [4.78, 5) is 40.0. The molecule has 0 saturated carbocycles. The van der Waals surface area contributed by atoms with Crippen LogP contribution in [0.2, 0.25) is 0 Å². The van der Waals surface area contributed by atoms with Gasteiger partial charge in [-0.05, 0) is 60.2 Å². The molecule has 7 heteroatoms. The molecule has 7 aromatic carbocycles. The molecule has 1 aliphatic rings. The Kier molecular flexibility index (Phi) is 8.29. The van der Waals surface area contributed by atoms with Gasteiger partial charge in [0.05, 0.1) is 22.4 Å². The summed E-state index contributed by atoms with van der Waals surface area (Å²) < 4.78 is 1.87. The Morgan fingerprint density at radius 2 is 0.932 bits per heavy atom. The SMILES string of the molecule is O=c1c2ccccc2c2cc(/C3=C/CCC(c4ccccc4)=NC(c4ccccc4)=N3)cc3c4cc(-c5nc(-c6ccccc6)nc(-c6ccccc6)n5)ccc4n1c23. The van der Waals surface area contributed by atoms with Crippen LogP contribution in [0.5, 0.6) is 0 Å². The van der Waals surface area contributed by atoms with Crippen molar-refractivity contribution in [1.82, 2.24) is 19.4 Å². The van der Waals surface area contributed by atoms with E-state index >= 15 is 0 Å². The summed E-state index contributed by atoms with van der Waals surface area (Å²) >= 11 is 0. The van der Waals surface area contributed by atoms with Crippen LogP contribution in [-0.2, 0) is 0 Å². The lowest BCUT2D eigenvalue weighted by Crippen LogP contribution is -2.13. The molecule has 0 amide bonds. The molecule has 7 nitrogen and oxygen atoms in total. The maximum absolute atomic E-state index is 14.4. The second-order valence-corrected chi connectivity index (χ2v) is 14.7. The topological polar surface area (TPSA) is 84.9 Å². The molecule has 11 rings (SSSR count). The van der Waals surface area contributed by atoms with Crippen molar-refractivity contribution in [3.63, 3.8) is 0 Å². The number of hydrogen-bond donors (Lipinski definition) is 0. The summed E-state index contributed by atoms with van der Waals surface area (Å²) in [7, 11) is 0. The molecule has 0 spiro atoms. The minimum absolute atomic E-state index is 0.0520. The first-order valence-corrected chi connectivity index (χ1v) is 19.8. The van der Waals surface area contributed by atoms with Gasteiger partial charge in [0.2, 0.25) is 0 Å². The lowest BCUT2D eigenvalue weighted by atomic mass is 9.98. The van der Waals surface area contributed by atoms with Crippen LogP contribution >= 0.6 is 0 Å². The van der Waals surface area contributed by atoms with E-state index < -0.39 is 0 Å². The second-order valence-electron chi connectivity index (χ2n) is 14.7. The van der Waals surface area contributed by atoms with Gasteiger partial charge >= 0.3 is 0 Å². The van der Waals surface area contributed by atoms with Crippen LogP contribution in [0.1, 0.15) is 29.5 Å². The maximum atomic E-state index is 14.4. The van der Waals surface area contributed by atoms with Gasteiger partial charge in [0, 0.05) is 49.4 Å². The molecule has 0 saturated heterocycles. The smallest absolute Gasteiger partial charge is 0.263 e. The average Bonchev–Trinajstić information content (AvgIpc) is 3.63. The Morgan fingerprint density at radius 3 is 1.56 bits per heavy atom. The number of aromatic nitrogens is 4. The minimum atomic E-state index is -0.0520. The molecule has 0 aliphatic carbocycles. The Morgan fingerprint density at radius 1 is 0.424 bits per heavy atom. The van der Waals surface area contributed by atoms with Crippen molar-refractivity contribution in [3.8, 4) is 34.2 Å². The highest BCUT2D eigenvalue weighted by atomic mass is 16.1. The molecule has 59 heavy (non-hydrogen) atoms. The van der Waals surface area contributed by atoms with Crippen LogP contribution in [0, 0.1) is 0 Å². The van der Waals surface area contributed by atoms with Crippen LogP contribution < -0.4 is 5.56 Å². The molecule has 278 valence electrons. The van der Waals surface area contributed by atoms with E-state index in [0.717, 1.165) is 90.2 Å². The first-order valence-electron chi connectivity index (χ1n) is 19.8. The van der Waals surface area contributed by atoms with Gasteiger partial charge in [0.25, 0.3) is 5.56 Å². The Balaban J connectivity index is 1.15. The minimum Gasteiger partial charge on any atom is -0.275 e. The highest BCUT2D eigenvalue weighted by Gasteiger charge is 2.22. The summed E-state index contributed by atoms with van der Waals surface area (Å²) in [6, 6.07) is 58.9. The van der Waals surface area contributed by atoms with Gasteiger partial charge in [-0.3, -0.25) is 9.20 Å². The van der Waals surface area contributed by atoms with Gasteiger partial charge in [0.15, 0.2) is 23.3 Å². The van der Waals surface area contributed by atoms with E-state index in [1.54, 1.807) is 0 Å². The number of hydrogen-bond acceptors (Lipinski definition) is 6. The maximum Gasteiger partial charge on any atom is 0.263 e. The lowest BCUT2D eigenvalue weighted by molar-refractivity contribution is 1.07. The zero-order valence-electron chi connectivity index (χ0n) is 31.8. The fourth-order valence-electron chi connectivity index (χ4n) is 8.27. The highest BCUT2D eigenvalue weighted by molar-refractivity contribution is 6.22. The average molecular weight is 759 g/mol. The normalized spacial score (nSPS) is 14.2. The molecule has 10 aromatic rings. The summed E-state index contributed by atoms with van der Waals surface area (Å²) in [6.07, 6.45) is 3.74. The number of nitrogens with zero attached hydrogens (tertiary/aromatic N) is 6. The summed E-state index contributed by atoms with van der Waals surface area (Å²) in [5.41, 5.74) is 9.08. The monoisotopic (exact) mass is 758 g/mol. The van der Waals surface area contributed by atoms with Crippen LogP contribution in [-0.4, -0.2) is 30.9 Å². The van der Waals surface area contributed by atoms with E-state index in [1.165, 1.54) is 0 Å². The third-order valence-electron chi connectivity index (χ3n) is 11.1. The van der Waals surface area contributed by atoms with Crippen molar-refractivity contribution < 1.29 is 0 Å². The predicted molar refractivity (Wildman–Crippen MR) is 240 cm³/mol. The quantitative estimate of drug-likeness (QED) is 0.158. The van der Waals surface area contributed by atoms with Crippen molar-refractivity contribution in [2.75, 3.05) is 0 Å². The first-order chi connectivity index (χ1) is 29.2. The van der Waals surface area contributed by atoms with Crippen LogP contribution in [0.3, 0.4) is 0 Å². The fourth-order valence-corrected chi connectivity index (χ4v) is 8.27. The van der Waals surface area contributed by atoms with E-state index in [4.69, 9.17) is 24.9 Å². The molecular weight excluding hydrogens is 725 g/mol.